The lowest BCUT2D eigenvalue weighted by molar-refractivity contribution is -0.196. The topological polar surface area (TPSA) is 83.6 Å². The molecule has 1 aliphatic heterocycles. The van der Waals surface area contributed by atoms with Crippen molar-refractivity contribution in [3.63, 3.8) is 0 Å². The van der Waals surface area contributed by atoms with Crippen LogP contribution in [0.2, 0.25) is 0 Å². The van der Waals surface area contributed by atoms with E-state index in [2.05, 4.69) is 0 Å². The molecule has 0 bridgehead atoms. The van der Waals surface area contributed by atoms with Crippen LogP contribution in [0.4, 0.5) is 13.2 Å². The van der Waals surface area contributed by atoms with Gasteiger partial charge in [-0.15, -0.1) is 11.8 Å². The van der Waals surface area contributed by atoms with Crippen LogP contribution in [0.5, 0.6) is 0 Å². The molecule has 0 aromatic rings. The Hall–Kier alpha value is -0.960. The Labute approximate surface area is 118 Å². The predicted molar refractivity (Wildman–Crippen MR) is 68.1 cm³/mol. The molecule has 0 aliphatic carbocycles. The van der Waals surface area contributed by atoms with Crippen molar-refractivity contribution in [2.45, 2.75) is 49.8 Å². The lowest BCUT2D eigenvalue weighted by Gasteiger charge is -2.35. The second-order valence-corrected chi connectivity index (χ2v) is 6.05. The van der Waals surface area contributed by atoms with E-state index in [0.29, 0.717) is 19.8 Å². The molecule has 5 nitrogen and oxygen atoms in total. The van der Waals surface area contributed by atoms with Crippen LogP contribution in [0, 0.1) is 0 Å². The fraction of sp³-hybridized carbons (Fsp3) is 0.818. The van der Waals surface area contributed by atoms with Gasteiger partial charge in [-0.25, -0.2) is 4.79 Å². The summed E-state index contributed by atoms with van der Waals surface area (Å²) in [5.41, 5.74) is 2.03. The fourth-order valence-corrected chi connectivity index (χ4v) is 3.40. The second-order valence-electron chi connectivity index (χ2n) is 4.84. The molecule has 3 unspecified atom stereocenters. The number of carboxylic acids is 1. The molecule has 116 valence electrons. The molecule has 0 radical (unpaired) electrons. The minimum Gasteiger partial charge on any atom is -0.480 e. The summed E-state index contributed by atoms with van der Waals surface area (Å²) >= 11 is 1.17. The largest absolute Gasteiger partial charge is 0.480 e. The summed E-state index contributed by atoms with van der Waals surface area (Å²) in [6.07, 6.45) is -3.88. The molecule has 1 fully saturated rings. The zero-order valence-electron chi connectivity index (χ0n) is 11.1. The molecule has 0 aromatic carbocycles. The third-order valence-corrected chi connectivity index (χ3v) is 4.54. The number of thioether (sulfide) groups is 1. The molecule has 1 rings (SSSR count). The van der Waals surface area contributed by atoms with Crippen LogP contribution in [-0.2, 0) is 9.59 Å². The number of aliphatic carboxylic acids is 1. The SMILES string of the molecule is CCCC1SCC(C(=O)O)N1C(=O)C(C)(N)C(F)(F)F. The molecule has 1 saturated heterocycles. The first-order chi connectivity index (χ1) is 9.04. The van der Waals surface area contributed by atoms with Crippen molar-refractivity contribution < 1.29 is 27.9 Å². The van der Waals surface area contributed by atoms with Gasteiger partial charge >= 0.3 is 12.1 Å². The van der Waals surface area contributed by atoms with Crippen molar-refractivity contribution in [2.75, 3.05) is 5.75 Å². The van der Waals surface area contributed by atoms with Gasteiger partial charge in [-0.2, -0.15) is 13.2 Å². The summed E-state index contributed by atoms with van der Waals surface area (Å²) in [5.74, 6) is -2.64. The number of carboxylic acid groups (broad SMARTS) is 1. The molecule has 0 aromatic heterocycles. The number of halogens is 3. The number of alkyl halides is 3. The Morgan fingerprint density at radius 3 is 2.40 bits per heavy atom. The van der Waals surface area contributed by atoms with Gasteiger partial charge in [0.1, 0.15) is 6.04 Å². The van der Waals surface area contributed by atoms with Crippen molar-refractivity contribution in [3.8, 4) is 0 Å². The zero-order valence-corrected chi connectivity index (χ0v) is 11.9. The van der Waals surface area contributed by atoms with Gasteiger partial charge in [0.2, 0.25) is 0 Å². The van der Waals surface area contributed by atoms with E-state index >= 15 is 0 Å². The fourth-order valence-electron chi connectivity index (χ4n) is 1.88. The maximum Gasteiger partial charge on any atom is 0.415 e. The lowest BCUT2D eigenvalue weighted by atomic mass is 10.00. The quantitative estimate of drug-likeness (QED) is 0.820. The van der Waals surface area contributed by atoms with Crippen molar-refractivity contribution in [1.29, 1.82) is 0 Å². The molecule has 1 amide bonds. The van der Waals surface area contributed by atoms with E-state index in [9.17, 15) is 22.8 Å². The number of hydrogen-bond donors (Lipinski definition) is 2. The summed E-state index contributed by atoms with van der Waals surface area (Å²) in [7, 11) is 0. The Balaban J connectivity index is 3.09. The Kier molecular flexibility index (Phi) is 4.96. The highest BCUT2D eigenvalue weighted by Crippen LogP contribution is 2.37. The maximum absolute atomic E-state index is 12.9. The minimum absolute atomic E-state index is 0.0691. The van der Waals surface area contributed by atoms with E-state index in [4.69, 9.17) is 10.8 Å². The van der Waals surface area contributed by atoms with Crippen LogP contribution >= 0.6 is 11.8 Å². The summed E-state index contributed by atoms with van der Waals surface area (Å²) in [5, 5.41) is 8.47. The van der Waals surface area contributed by atoms with Gasteiger partial charge in [-0.05, 0) is 13.3 Å². The van der Waals surface area contributed by atoms with E-state index in [0.717, 1.165) is 4.90 Å². The Bertz CT molecular complexity index is 401. The van der Waals surface area contributed by atoms with Crippen LogP contribution < -0.4 is 5.73 Å². The van der Waals surface area contributed by atoms with Gasteiger partial charge in [0.05, 0.1) is 5.37 Å². The number of nitrogens with two attached hydrogens (primary N) is 1. The van der Waals surface area contributed by atoms with Crippen molar-refractivity contribution in [3.05, 3.63) is 0 Å². The van der Waals surface area contributed by atoms with Crippen molar-refractivity contribution in [1.82, 2.24) is 4.90 Å². The molecular weight excluding hydrogens is 297 g/mol. The first-order valence-electron chi connectivity index (χ1n) is 6.06. The third-order valence-electron chi connectivity index (χ3n) is 3.18. The van der Waals surface area contributed by atoms with Crippen LogP contribution in [0.3, 0.4) is 0 Å². The Morgan fingerprint density at radius 1 is 1.45 bits per heavy atom. The van der Waals surface area contributed by atoms with Gasteiger partial charge in [0.15, 0.2) is 5.54 Å². The first kappa shape index (κ1) is 17.1. The zero-order chi connectivity index (χ0) is 15.7. The van der Waals surface area contributed by atoms with Gasteiger partial charge < -0.3 is 15.7 Å². The molecule has 3 N–H and O–H groups in total. The maximum atomic E-state index is 12.9. The van der Waals surface area contributed by atoms with Gasteiger partial charge in [0.25, 0.3) is 5.91 Å². The van der Waals surface area contributed by atoms with E-state index in [1.165, 1.54) is 11.8 Å². The normalized spacial score (nSPS) is 26.4. The molecule has 3 atom stereocenters. The molecule has 1 aliphatic rings. The number of amides is 1. The van der Waals surface area contributed by atoms with Gasteiger partial charge in [-0.1, -0.05) is 13.3 Å². The highest BCUT2D eigenvalue weighted by Gasteiger charge is 2.58. The lowest BCUT2D eigenvalue weighted by Crippen LogP contribution is -2.64. The van der Waals surface area contributed by atoms with Gasteiger partial charge in [0, 0.05) is 5.75 Å². The van der Waals surface area contributed by atoms with Crippen LogP contribution in [0.25, 0.3) is 0 Å². The van der Waals surface area contributed by atoms with E-state index in [-0.39, 0.29) is 5.75 Å². The van der Waals surface area contributed by atoms with E-state index in [1.54, 1.807) is 0 Å². The molecule has 0 spiro atoms. The molecule has 1 heterocycles. The van der Waals surface area contributed by atoms with Crippen molar-refractivity contribution >= 4 is 23.6 Å². The van der Waals surface area contributed by atoms with E-state index < -0.39 is 35.0 Å². The average Bonchev–Trinajstić information content (AvgIpc) is 2.70. The van der Waals surface area contributed by atoms with Crippen molar-refractivity contribution in [2.24, 2.45) is 5.73 Å². The van der Waals surface area contributed by atoms with E-state index in [1.807, 2.05) is 6.92 Å². The minimum atomic E-state index is -4.93. The molecule has 0 saturated carbocycles. The number of nitrogens with zero attached hydrogens (tertiary/aromatic N) is 1. The monoisotopic (exact) mass is 314 g/mol. The van der Waals surface area contributed by atoms with Crippen LogP contribution in [0.1, 0.15) is 26.7 Å². The second kappa shape index (κ2) is 5.80. The molecule has 20 heavy (non-hydrogen) atoms. The standard InChI is InChI=1S/C11H17F3N2O3S/c1-3-4-7-16(6(5-20-7)8(17)18)9(19)10(2,15)11(12,13)14/h6-7H,3-5,15H2,1-2H3,(H,17,18). The number of hydrogen-bond acceptors (Lipinski definition) is 4. The predicted octanol–water partition coefficient (Wildman–Crippen LogP) is 1.42. The number of carbonyl (C=O) groups is 2. The third kappa shape index (κ3) is 3.03. The smallest absolute Gasteiger partial charge is 0.415 e. The molecule has 9 heteroatoms. The average molecular weight is 314 g/mol. The first-order valence-corrected chi connectivity index (χ1v) is 7.11. The number of rotatable bonds is 4. The summed E-state index contributed by atoms with van der Waals surface area (Å²) in [4.78, 5) is 24.0. The summed E-state index contributed by atoms with van der Waals surface area (Å²) < 4.78 is 38.6. The van der Waals surface area contributed by atoms with Gasteiger partial charge in [-0.3, -0.25) is 4.79 Å². The summed E-state index contributed by atoms with van der Waals surface area (Å²) in [6.45, 7) is 2.38. The highest BCUT2D eigenvalue weighted by atomic mass is 32.2. The highest BCUT2D eigenvalue weighted by molar-refractivity contribution is 8.00. The Morgan fingerprint density at radius 2 is 2.00 bits per heavy atom. The van der Waals surface area contributed by atoms with Crippen LogP contribution in [-0.4, -0.2) is 50.8 Å². The summed E-state index contributed by atoms with van der Waals surface area (Å²) in [6, 6.07) is -1.27. The number of carbonyl (C=O) groups excluding carboxylic acids is 1. The van der Waals surface area contributed by atoms with Crippen LogP contribution in [0.15, 0.2) is 0 Å². The molecular formula is C11H17F3N2O3S.